The molecule has 3 aromatic rings. The minimum absolute atomic E-state index is 0.178. The molecule has 0 saturated heterocycles. The molecule has 5 nitrogen and oxygen atoms in total. The monoisotopic (exact) mass is 340 g/mol. The Balaban J connectivity index is 1.74. The van der Waals surface area contributed by atoms with Crippen molar-refractivity contribution in [3.63, 3.8) is 0 Å². The number of ether oxygens (including phenoxy) is 1. The van der Waals surface area contributed by atoms with E-state index in [1.54, 1.807) is 25.1 Å². The smallest absolute Gasteiger partial charge is 0.339 e. The van der Waals surface area contributed by atoms with Crippen molar-refractivity contribution < 1.29 is 18.3 Å². The molecule has 0 fully saturated rings. The summed E-state index contributed by atoms with van der Waals surface area (Å²) in [5.41, 5.74) is 3.00. The number of aromatic nitrogens is 2. The number of halogens is 1. The SMILES string of the molecule is Cc1ccc(C(=O)O[C@@H](C)c2nnc(-c3ccc(F)cc3)o2)c(C)c1. The van der Waals surface area contributed by atoms with Crippen LogP contribution in [0.4, 0.5) is 4.39 Å². The zero-order chi connectivity index (χ0) is 18.0. The third-order valence-corrected chi connectivity index (χ3v) is 3.77. The van der Waals surface area contributed by atoms with E-state index in [4.69, 9.17) is 9.15 Å². The molecule has 3 rings (SSSR count). The summed E-state index contributed by atoms with van der Waals surface area (Å²) in [6, 6.07) is 11.2. The number of hydrogen-bond acceptors (Lipinski definition) is 5. The first kappa shape index (κ1) is 16.8. The third kappa shape index (κ3) is 3.74. The van der Waals surface area contributed by atoms with Crippen molar-refractivity contribution >= 4 is 5.97 Å². The maximum absolute atomic E-state index is 13.0. The number of nitrogens with zero attached hydrogens (tertiary/aromatic N) is 2. The maximum atomic E-state index is 13.0. The van der Waals surface area contributed by atoms with Gasteiger partial charge in [-0.05, 0) is 56.7 Å². The molecule has 0 aliphatic carbocycles. The fourth-order valence-corrected chi connectivity index (χ4v) is 2.43. The summed E-state index contributed by atoms with van der Waals surface area (Å²) in [5, 5.41) is 7.83. The number of rotatable bonds is 4. The van der Waals surface area contributed by atoms with Gasteiger partial charge < -0.3 is 9.15 Å². The number of aryl methyl sites for hydroxylation is 2. The van der Waals surface area contributed by atoms with Gasteiger partial charge in [0, 0.05) is 5.56 Å². The zero-order valence-corrected chi connectivity index (χ0v) is 14.1. The van der Waals surface area contributed by atoms with Crippen LogP contribution in [0.15, 0.2) is 46.9 Å². The van der Waals surface area contributed by atoms with Crippen molar-refractivity contribution in [3.05, 3.63) is 70.9 Å². The Morgan fingerprint density at radius 2 is 1.84 bits per heavy atom. The number of esters is 1. The second-order valence-electron chi connectivity index (χ2n) is 5.82. The highest BCUT2D eigenvalue weighted by molar-refractivity contribution is 5.91. The van der Waals surface area contributed by atoms with E-state index >= 15 is 0 Å². The van der Waals surface area contributed by atoms with Gasteiger partial charge in [0.05, 0.1) is 5.56 Å². The normalized spacial score (nSPS) is 12.0. The van der Waals surface area contributed by atoms with Crippen molar-refractivity contribution in [2.45, 2.75) is 26.9 Å². The highest BCUT2D eigenvalue weighted by Crippen LogP contribution is 2.24. The first-order chi connectivity index (χ1) is 11.9. The average Bonchev–Trinajstić information content (AvgIpc) is 3.05. The molecular formula is C19H17FN2O3. The van der Waals surface area contributed by atoms with Crippen molar-refractivity contribution in [2.24, 2.45) is 0 Å². The van der Waals surface area contributed by atoms with Gasteiger partial charge in [0.1, 0.15) is 5.82 Å². The van der Waals surface area contributed by atoms with Gasteiger partial charge in [0.25, 0.3) is 5.89 Å². The predicted molar refractivity (Wildman–Crippen MR) is 89.4 cm³/mol. The summed E-state index contributed by atoms with van der Waals surface area (Å²) in [4.78, 5) is 12.3. The van der Waals surface area contributed by atoms with E-state index in [1.165, 1.54) is 12.1 Å². The van der Waals surface area contributed by atoms with Gasteiger partial charge in [-0.1, -0.05) is 17.7 Å². The molecule has 0 N–H and O–H groups in total. The van der Waals surface area contributed by atoms with Crippen LogP contribution in [-0.2, 0) is 4.74 Å². The minimum atomic E-state index is -0.699. The van der Waals surface area contributed by atoms with Gasteiger partial charge in [0.15, 0.2) is 6.10 Å². The van der Waals surface area contributed by atoms with Crippen LogP contribution < -0.4 is 0 Å². The highest BCUT2D eigenvalue weighted by Gasteiger charge is 2.21. The Kier molecular flexibility index (Phi) is 4.61. The topological polar surface area (TPSA) is 65.2 Å². The zero-order valence-electron chi connectivity index (χ0n) is 14.1. The second kappa shape index (κ2) is 6.84. The van der Waals surface area contributed by atoms with Crippen LogP contribution in [0.1, 0.15) is 40.4 Å². The Morgan fingerprint density at radius 3 is 2.52 bits per heavy atom. The van der Waals surface area contributed by atoms with Gasteiger partial charge in [0.2, 0.25) is 5.89 Å². The summed E-state index contributed by atoms with van der Waals surface area (Å²) >= 11 is 0. The average molecular weight is 340 g/mol. The van der Waals surface area contributed by atoms with E-state index in [-0.39, 0.29) is 17.6 Å². The molecule has 0 aliphatic heterocycles. The Morgan fingerprint density at radius 1 is 1.12 bits per heavy atom. The summed E-state index contributed by atoms with van der Waals surface area (Å²) in [6.45, 7) is 5.47. The fourth-order valence-electron chi connectivity index (χ4n) is 2.43. The summed E-state index contributed by atoms with van der Waals surface area (Å²) in [5.74, 6) is -0.382. The molecule has 1 heterocycles. The third-order valence-electron chi connectivity index (χ3n) is 3.77. The molecule has 128 valence electrons. The molecule has 0 amide bonds. The van der Waals surface area contributed by atoms with Crippen LogP contribution in [0, 0.1) is 19.7 Å². The Bertz CT molecular complexity index is 903. The van der Waals surface area contributed by atoms with E-state index in [0.29, 0.717) is 11.1 Å². The highest BCUT2D eigenvalue weighted by atomic mass is 19.1. The molecule has 0 saturated carbocycles. The summed E-state index contributed by atoms with van der Waals surface area (Å²) < 4.78 is 23.9. The first-order valence-corrected chi connectivity index (χ1v) is 7.81. The number of carbonyl (C=O) groups excluding carboxylic acids is 1. The molecule has 0 radical (unpaired) electrons. The van der Waals surface area contributed by atoms with E-state index in [2.05, 4.69) is 10.2 Å². The molecular weight excluding hydrogens is 323 g/mol. The molecule has 1 atom stereocenters. The van der Waals surface area contributed by atoms with Crippen molar-refractivity contribution in [1.82, 2.24) is 10.2 Å². The largest absolute Gasteiger partial charge is 0.449 e. The lowest BCUT2D eigenvalue weighted by atomic mass is 10.1. The molecule has 0 bridgehead atoms. The van der Waals surface area contributed by atoms with Crippen LogP contribution >= 0.6 is 0 Å². The molecule has 1 aromatic heterocycles. The van der Waals surface area contributed by atoms with E-state index < -0.39 is 12.1 Å². The van der Waals surface area contributed by atoms with E-state index in [1.807, 2.05) is 26.0 Å². The predicted octanol–water partition coefficient (Wildman–Crippen LogP) is 4.41. The van der Waals surface area contributed by atoms with Crippen LogP contribution in [-0.4, -0.2) is 16.2 Å². The summed E-state index contributed by atoms with van der Waals surface area (Å²) in [7, 11) is 0. The molecule has 2 aromatic carbocycles. The lowest BCUT2D eigenvalue weighted by molar-refractivity contribution is 0.0279. The number of benzene rings is 2. The molecule has 6 heteroatoms. The van der Waals surface area contributed by atoms with Gasteiger partial charge in [-0.2, -0.15) is 0 Å². The maximum Gasteiger partial charge on any atom is 0.339 e. The second-order valence-corrected chi connectivity index (χ2v) is 5.82. The lowest BCUT2D eigenvalue weighted by Gasteiger charge is -2.11. The molecule has 0 unspecified atom stereocenters. The van der Waals surface area contributed by atoms with Gasteiger partial charge in [-0.25, -0.2) is 9.18 Å². The van der Waals surface area contributed by atoms with Gasteiger partial charge >= 0.3 is 5.97 Å². The van der Waals surface area contributed by atoms with E-state index in [0.717, 1.165) is 11.1 Å². The van der Waals surface area contributed by atoms with Crippen LogP contribution in [0.3, 0.4) is 0 Å². The number of hydrogen-bond donors (Lipinski definition) is 0. The quantitative estimate of drug-likeness (QED) is 0.658. The fraction of sp³-hybridized carbons (Fsp3) is 0.211. The van der Waals surface area contributed by atoms with Crippen LogP contribution in [0.5, 0.6) is 0 Å². The summed E-state index contributed by atoms with van der Waals surface area (Å²) in [6.07, 6.45) is -0.699. The Hall–Kier alpha value is -3.02. The van der Waals surface area contributed by atoms with Crippen molar-refractivity contribution in [2.75, 3.05) is 0 Å². The van der Waals surface area contributed by atoms with E-state index in [9.17, 15) is 9.18 Å². The molecule has 0 spiro atoms. The first-order valence-electron chi connectivity index (χ1n) is 7.81. The standard InChI is InChI=1S/C19H17FN2O3/c1-11-4-9-16(12(2)10-11)19(23)24-13(3)17-21-22-18(25-17)14-5-7-15(20)8-6-14/h4-10,13H,1-3H3/t13-/m0/s1. The minimum Gasteiger partial charge on any atom is -0.449 e. The molecule has 0 aliphatic rings. The van der Waals surface area contributed by atoms with Crippen LogP contribution in [0.2, 0.25) is 0 Å². The molecule has 25 heavy (non-hydrogen) atoms. The van der Waals surface area contributed by atoms with Gasteiger partial charge in [-0.3, -0.25) is 0 Å². The Labute approximate surface area is 144 Å². The van der Waals surface area contributed by atoms with Gasteiger partial charge in [-0.15, -0.1) is 10.2 Å². The number of carbonyl (C=O) groups is 1. The van der Waals surface area contributed by atoms with Crippen molar-refractivity contribution in [1.29, 1.82) is 0 Å². The van der Waals surface area contributed by atoms with Crippen LogP contribution in [0.25, 0.3) is 11.5 Å². The lowest BCUT2D eigenvalue weighted by Crippen LogP contribution is -2.11. The van der Waals surface area contributed by atoms with Crippen molar-refractivity contribution in [3.8, 4) is 11.5 Å².